The van der Waals surface area contributed by atoms with Gasteiger partial charge < -0.3 is 4.90 Å². The molecule has 0 spiro atoms. The number of hydrogen-bond acceptors (Lipinski definition) is 2. The lowest BCUT2D eigenvalue weighted by Crippen LogP contribution is -2.30. The average Bonchev–Trinajstić information content (AvgIpc) is 2.93. The number of pyridine rings is 1. The molecule has 0 saturated carbocycles. The number of aromatic nitrogens is 1. The molecule has 1 unspecified atom stereocenters. The van der Waals surface area contributed by atoms with Gasteiger partial charge in [-0.2, -0.15) is 0 Å². The van der Waals surface area contributed by atoms with Crippen molar-refractivity contribution in [2.24, 2.45) is 0 Å². The van der Waals surface area contributed by atoms with Gasteiger partial charge in [-0.05, 0) is 37.8 Å². The van der Waals surface area contributed by atoms with E-state index in [9.17, 15) is 0 Å². The number of hydrogen-bond donors (Lipinski definition) is 0. The molecule has 0 radical (unpaired) electrons. The van der Waals surface area contributed by atoms with Crippen LogP contribution in [0.2, 0.25) is 0 Å². The van der Waals surface area contributed by atoms with Crippen molar-refractivity contribution in [3.63, 3.8) is 0 Å². The summed E-state index contributed by atoms with van der Waals surface area (Å²) in [7, 11) is 0. The highest BCUT2D eigenvalue weighted by molar-refractivity contribution is 9.10. The third-order valence-electron chi connectivity index (χ3n) is 4.05. The van der Waals surface area contributed by atoms with E-state index in [-0.39, 0.29) is 0 Å². The Morgan fingerprint density at radius 1 is 1.25 bits per heavy atom. The highest BCUT2D eigenvalue weighted by Gasteiger charge is 2.26. The summed E-state index contributed by atoms with van der Waals surface area (Å²) in [6.07, 6.45) is 6.98. The lowest BCUT2D eigenvalue weighted by Gasteiger charge is -2.27. The second kappa shape index (κ2) is 6.44. The maximum atomic E-state index is 4.68. The predicted molar refractivity (Wildman–Crippen MR) is 92.8 cm³/mol. The predicted octanol–water partition coefficient (Wildman–Crippen LogP) is 5.14. The number of nitrogens with zero attached hydrogens (tertiary/aromatic N) is 2. The fourth-order valence-electron chi connectivity index (χ4n) is 3.11. The van der Waals surface area contributed by atoms with E-state index in [0.717, 1.165) is 22.2 Å². The van der Waals surface area contributed by atoms with Crippen LogP contribution in [0.1, 0.15) is 25.7 Å². The minimum absolute atomic E-state index is 0.643. The van der Waals surface area contributed by atoms with Crippen LogP contribution in [0.4, 0.5) is 5.82 Å². The smallest absolute Gasteiger partial charge is 0.136 e. The standard InChI is InChI=1S/C16H18Br2N2/c17-9-2-4-12-5-3-11-20(12)16-14-6-1-7-15(18)13(14)8-10-19-16/h1,6-8,10,12H,2-5,9,11H2. The van der Waals surface area contributed by atoms with Crippen LogP contribution in [0.5, 0.6) is 0 Å². The van der Waals surface area contributed by atoms with E-state index in [4.69, 9.17) is 0 Å². The van der Waals surface area contributed by atoms with E-state index in [1.54, 1.807) is 0 Å². The second-order valence-electron chi connectivity index (χ2n) is 5.29. The Kier molecular flexibility index (Phi) is 4.61. The second-order valence-corrected chi connectivity index (χ2v) is 6.94. The molecule has 1 fully saturated rings. The Morgan fingerprint density at radius 3 is 3.00 bits per heavy atom. The number of alkyl halides is 1. The van der Waals surface area contributed by atoms with Crippen molar-refractivity contribution < 1.29 is 0 Å². The molecule has 2 heterocycles. The van der Waals surface area contributed by atoms with E-state index >= 15 is 0 Å². The summed E-state index contributed by atoms with van der Waals surface area (Å²) >= 11 is 7.19. The van der Waals surface area contributed by atoms with Crippen LogP contribution >= 0.6 is 31.9 Å². The highest BCUT2D eigenvalue weighted by Crippen LogP contribution is 2.34. The van der Waals surface area contributed by atoms with Gasteiger partial charge in [0, 0.05) is 39.4 Å². The SMILES string of the molecule is BrCCCC1CCCN1c1nccc2c(Br)cccc12. The Balaban J connectivity index is 1.99. The molecule has 1 aliphatic heterocycles. The third-order valence-corrected chi connectivity index (χ3v) is 5.30. The molecule has 4 heteroatoms. The molecule has 1 saturated heterocycles. The van der Waals surface area contributed by atoms with Gasteiger partial charge in [0.1, 0.15) is 5.82 Å². The van der Waals surface area contributed by atoms with Crippen molar-refractivity contribution in [2.75, 3.05) is 16.8 Å². The van der Waals surface area contributed by atoms with E-state index in [0.29, 0.717) is 6.04 Å². The number of anilines is 1. The number of rotatable bonds is 4. The monoisotopic (exact) mass is 396 g/mol. The van der Waals surface area contributed by atoms with E-state index in [1.807, 2.05) is 6.20 Å². The van der Waals surface area contributed by atoms with Gasteiger partial charge in [0.05, 0.1) is 0 Å². The molecule has 1 aromatic heterocycles. The molecule has 1 atom stereocenters. The summed E-state index contributed by atoms with van der Waals surface area (Å²) in [5.41, 5.74) is 0. The van der Waals surface area contributed by atoms with Gasteiger partial charge in [0.15, 0.2) is 0 Å². The summed E-state index contributed by atoms with van der Waals surface area (Å²) in [5, 5.41) is 3.60. The highest BCUT2D eigenvalue weighted by atomic mass is 79.9. The van der Waals surface area contributed by atoms with Gasteiger partial charge in [0.25, 0.3) is 0 Å². The molecule has 0 N–H and O–H groups in total. The summed E-state index contributed by atoms with van der Waals surface area (Å²) < 4.78 is 1.15. The van der Waals surface area contributed by atoms with Crippen molar-refractivity contribution in [3.05, 3.63) is 34.9 Å². The normalized spacial score (nSPS) is 18.9. The fraction of sp³-hybridized carbons (Fsp3) is 0.438. The van der Waals surface area contributed by atoms with Gasteiger partial charge >= 0.3 is 0 Å². The largest absolute Gasteiger partial charge is 0.353 e. The first-order valence-electron chi connectivity index (χ1n) is 7.17. The van der Waals surface area contributed by atoms with Crippen LogP contribution < -0.4 is 4.90 Å². The van der Waals surface area contributed by atoms with Crippen molar-refractivity contribution in [1.82, 2.24) is 4.98 Å². The lowest BCUT2D eigenvalue weighted by molar-refractivity contribution is 0.601. The van der Waals surface area contributed by atoms with Crippen molar-refractivity contribution in [1.29, 1.82) is 0 Å². The lowest BCUT2D eigenvalue weighted by atomic mass is 10.1. The molecule has 0 aliphatic carbocycles. The molecule has 3 rings (SSSR count). The molecule has 0 bridgehead atoms. The molecule has 106 valence electrons. The number of halogens is 2. The molecule has 1 aliphatic rings. The first kappa shape index (κ1) is 14.3. The number of benzene rings is 1. The average molecular weight is 398 g/mol. The maximum Gasteiger partial charge on any atom is 0.136 e. The molecular formula is C16H18Br2N2. The van der Waals surface area contributed by atoms with Crippen molar-refractivity contribution >= 4 is 48.5 Å². The quantitative estimate of drug-likeness (QED) is 0.664. The summed E-state index contributed by atoms with van der Waals surface area (Å²) in [4.78, 5) is 7.19. The molecule has 2 nitrogen and oxygen atoms in total. The number of fused-ring (bicyclic) bond motifs is 1. The maximum absolute atomic E-state index is 4.68. The first-order chi connectivity index (χ1) is 9.81. The minimum Gasteiger partial charge on any atom is -0.353 e. The summed E-state index contributed by atoms with van der Waals surface area (Å²) in [6.45, 7) is 1.13. The summed E-state index contributed by atoms with van der Waals surface area (Å²) in [6, 6.07) is 9.11. The Morgan fingerprint density at radius 2 is 2.15 bits per heavy atom. The zero-order valence-electron chi connectivity index (χ0n) is 11.4. The Hall–Kier alpha value is -0.610. The van der Waals surface area contributed by atoms with Crippen molar-refractivity contribution in [2.45, 2.75) is 31.7 Å². The van der Waals surface area contributed by atoms with E-state index < -0.39 is 0 Å². The zero-order chi connectivity index (χ0) is 13.9. The van der Waals surface area contributed by atoms with E-state index in [1.165, 1.54) is 36.5 Å². The van der Waals surface area contributed by atoms with Crippen LogP contribution in [0.15, 0.2) is 34.9 Å². The first-order valence-corrected chi connectivity index (χ1v) is 9.08. The summed E-state index contributed by atoms with van der Waals surface area (Å²) in [5.74, 6) is 1.15. The van der Waals surface area contributed by atoms with Gasteiger partial charge in [0.2, 0.25) is 0 Å². The van der Waals surface area contributed by atoms with Crippen LogP contribution in [-0.2, 0) is 0 Å². The van der Waals surface area contributed by atoms with Crippen LogP contribution in [-0.4, -0.2) is 22.9 Å². The van der Waals surface area contributed by atoms with Crippen LogP contribution in [0.3, 0.4) is 0 Å². The molecular weight excluding hydrogens is 380 g/mol. The Bertz CT molecular complexity index is 600. The van der Waals surface area contributed by atoms with Crippen molar-refractivity contribution in [3.8, 4) is 0 Å². The Labute approximate surface area is 136 Å². The fourth-order valence-corrected chi connectivity index (χ4v) is 3.93. The van der Waals surface area contributed by atoms with Gasteiger partial charge in [-0.3, -0.25) is 0 Å². The molecule has 1 aromatic carbocycles. The zero-order valence-corrected chi connectivity index (χ0v) is 14.5. The van der Waals surface area contributed by atoms with Gasteiger partial charge in [-0.15, -0.1) is 0 Å². The molecule has 0 amide bonds. The van der Waals surface area contributed by atoms with Crippen LogP contribution in [0, 0.1) is 0 Å². The van der Waals surface area contributed by atoms with Crippen LogP contribution in [0.25, 0.3) is 10.8 Å². The minimum atomic E-state index is 0.643. The van der Waals surface area contributed by atoms with Gasteiger partial charge in [-0.25, -0.2) is 4.98 Å². The van der Waals surface area contributed by atoms with Gasteiger partial charge in [-0.1, -0.05) is 44.0 Å². The van der Waals surface area contributed by atoms with E-state index in [2.05, 4.69) is 66.0 Å². The molecule has 2 aromatic rings. The third kappa shape index (κ3) is 2.73. The topological polar surface area (TPSA) is 16.1 Å². The molecule has 20 heavy (non-hydrogen) atoms.